The summed E-state index contributed by atoms with van der Waals surface area (Å²) in [5, 5.41) is 13.6. The molecule has 1 aromatic rings. The average molecular weight is 277 g/mol. The van der Waals surface area contributed by atoms with Crippen molar-refractivity contribution in [1.82, 2.24) is 4.90 Å². The number of likely N-dealkylation sites (tertiary alicyclic amines) is 1. The number of anilines is 1. The third-order valence-electron chi connectivity index (χ3n) is 3.42. The number of rotatable bonds is 4. The third kappa shape index (κ3) is 3.77. The van der Waals surface area contributed by atoms with Gasteiger partial charge in [0, 0.05) is 19.5 Å². The van der Waals surface area contributed by atoms with Gasteiger partial charge in [0.05, 0.1) is 4.92 Å². The third-order valence-corrected chi connectivity index (χ3v) is 3.42. The summed E-state index contributed by atoms with van der Waals surface area (Å²) in [5.41, 5.74) is 1.12. The van der Waals surface area contributed by atoms with E-state index >= 15 is 0 Å². The Bertz CT molecular complexity index is 510. The molecule has 0 atom stereocenters. The molecular formula is C14H19N3O3. The Morgan fingerprint density at radius 2 is 2.05 bits per heavy atom. The smallest absolute Gasteiger partial charge is 0.293 e. The van der Waals surface area contributed by atoms with Crippen LogP contribution in [0.25, 0.3) is 0 Å². The van der Waals surface area contributed by atoms with E-state index in [1.807, 2.05) is 6.07 Å². The molecule has 0 aliphatic carbocycles. The van der Waals surface area contributed by atoms with Crippen LogP contribution in [0, 0.1) is 10.1 Å². The van der Waals surface area contributed by atoms with Gasteiger partial charge in [-0.2, -0.15) is 0 Å². The second-order valence-electron chi connectivity index (χ2n) is 5.13. The normalized spacial score (nSPS) is 15.8. The molecule has 0 unspecified atom stereocenters. The second-order valence-corrected chi connectivity index (χ2v) is 5.13. The number of carbonyl (C=O) groups is 1. The lowest BCUT2D eigenvalue weighted by molar-refractivity contribution is -0.384. The van der Waals surface area contributed by atoms with Gasteiger partial charge >= 0.3 is 0 Å². The highest BCUT2D eigenvalue weighted by Crippen LogP contribution is 2.26. The lowest BCUT2D eigenvalue weighted by atomic mass is 10.1. The molecular weight excluding hydrogens is 258 g/mol. The van der Waals surface area contributed by atoms with Crippen LogP contribution in [0.15, 0.2) is 18.2 Å². The van der Waals surface area contributed by atoms with Gasteiger partial charge in [-0.25, -0.2) is 0 Å². The summed E-state index contributed by atoms with van der Waals surface area (Å²) >= 11 is 0. The largest absolute Gasteiger partial charge is 0.321 e. The molecule has 1 heterocycles. The second kappa shape index (κ2) is 6.47. The van der Waals surface area contributed by atoms with Crippen LogP contribution in [-0.4, -0.2) is 28.8 Å². The fraction of sp³-hybridized carbons (Fsp3) is 0.500. The Morgan fingerprint density at radius 1 is 1.35 bits per heavy atom. The maximum atomic E-state index is 11.1. The molecule has 0 saturated carbocycles. The van der Waals surface area contributed by atoms with Crippen LogP contribution >= 0.6 is 0 Å². The number of hydrogen-bond acceptors (Lipinski definition) is 4. The van der Waals surface area contributed by atoms with Gasteiger partial charge in [-0.3, -0.25) is 19.8 Å². The van der Waals surface area contributed by atoms with Crippen molar-refractivity contribution >= 4 is 17.3 Å². The number of nitro groups is 1. The standard InChI is InChI=1S/C14H19N3O3/c1-11(18)15-13-6-5-12(9-14(13)17(19)20)10-16-7-3-2-4-8-16/h5-6,9H,2-4,7-8,10H2,1H3,(H,15,18). The van der Waals surface area contributed by atoms with Gasteiger partial charge in [0.1, 0.15) is 5.69 Å². The van der Waals surface area contributed by atoms with E-state index in [2.05, 4.69) is 10.2 Å². The van der Waals surface area contributed by atoms with E-state index < -0.39 is 4.92 Å². The molecule has 108 valence electrons. The van der Waals surface area contributed by atoms with Crippen LogP contribution in [0.4, 0.5) is 11.4 Å². The number of amides is 1. The minimum atomic E-state index is -0.453. The minimum absolute atomic E-state index is 0.0466. The van der Waals surface area contributed by atoms with Gasteiger partial charge in [-0.15, -0.1) is 0 Å². The van der Waals surface area contributed by atoms with Crippen LogP contribution in [0.5, 0.6) is 0 Å². The molecule has 1 saturated heterocycles. The number of benzene rings is 1. The maximum absolute atomic E-state index is 11.1. The molecule has 1 amide bonds. The van der Waals surface area contributed by atoms with E-state index in [4.69, 9.17) is 0 Å². The van der Waals surface area contributed by atoms with E-state index in [1.165, 1.54) is 26.2 Å². The van der Waals surface area contributed by atoms with Crippen molar-refractivity contribution in [3.05, 3.63) is 33.9 Å². The van der Waals surface area contributed by atoms with Crippen molar-refractivity contribution in [3.8, 4) is 0 Å². The van der Waals surface area contributed by atoms with Crippen LogP contribution in [0.3, 0.4) is 0 Å². The zero-order chi connectivity index (χ0) is 14.5. The molecule has 0 radical (unpaired) electrons. The van der Waals surface area contributed by atoms with Gasteiger partial charge in [0.15, 0.2) is 0 Å². The zero-order valence-electron chi connectivity index (χ0n) is 11.6. The Labute approximate surface area is 117 Å². The zero-order valence-corrected chi connectivity index (χ0v) is 11.6. The molecule has 0 aromatic heterocycles. The molecule has 0 spiro atoms. The lowest BCUT2D eigenvalue weighted by Gasteiger charge is -2.26. The van der Waals surface area contributed by atoms with E-state index in [9.17, 15) is 14.9 Å². The molecule has 6 heteroatoms. The summed E-state index contributed by atoms with van der Waals surface area (Å²) in [5.74, 6) is -0.308. The minimum Gasteiger partial charge on any atom is -0.321 e. The molecule has 1 fully saturated rings. The summed E-state index contributed by atoms with van der Waals surface area (Å²) in [6.45, 7) is 4.15. The Kier molecular flexibility index (Phi) is 4.68. The van der Waals surface area contributed by atoms with Crippen molar-refractivity contribution in [2.24, 2.45) is 0 Å². The quantitative estimate of drug-likeness (QED) is 0.678. The molecule has 1 aliphatic rings. The number of nitro benzene ring substituents is 1. The Hall–Kier alpha value is -1.95. The SMILES string of the molecule is CC(=O)Nc1ccc(CN2CCCCC2)cc1[N+](=O)[O-]. The van der Waals surface area contributed by atoms with Crippen LogP contribution in [0.1, 0.15) is 31.7 Å². The highest BCUT2D eigenvalue weighted by atomic mass is 16.6. The molecule has 1 aliphatic heterocycles. The lowest BCUT2D eigenvalue weighted by Crippen LogP contribution is -2.29. The van der Waals surface area contributed by atoms with Gasteiger partial charge in [-0.05, 0) is 37.6 Å². The first-order valence-electron chi connectivity index (χ1n) is 6.83. The van der Waals surface area contributed by atoms with Gasteiger partial charge < -0.3 is 5.32 Å². The summed E-state index contributed by atoms with van der Waals surface area (Å²) in [6, 6.07) is 5.01. The first-order valence-corrected chi connectivity index (χ1v) is 6.83. The summed E-state index contributed by atoms with van der Waals surface area (Å²) < 4.78 is 0. The highest BCUT2D eigenvalue weighted by Gasteiger charge is 2.17. The van der Waals surface area contributed by atoms with Crippen LogP contribution < -0.4 is 5.32 Å². The predicted molar refractivity (Wildman–Crippen MR) is 76.5 cm³/mol. The number of nitrogens with zero attached hydrogens (tertiary/aromatic N) is 2. The van der Waals surface area contributed by atoms with E-state index in [1.54, 1.807) is 12.1 Å². The predicted octanol–water partition coefficient (Wildman–Crippen LogP) is 2.54. The average Bonchev–Trinajstić information content (AvgIpc) is 2.41. The molecule has 0 bridgehead atoms. The van der Waals surface area contributed by atoms with Crippen LogP contribution in [-0.2, 0) is 11.3 Å². The molecule has 2 rings (SSSR count). The fourth-order valence-corrected chi connectivity index (χ4v) is 2.50. The fourth-order valence-electron chi connectivity index (χ4n) is 2.50. The van der Waals surface area contributed by atoms with Crippen molar-refractivity contribution in [3.63, 3.8) is 0 Å². The first kappa shape index (κ1) is 14.5. The molecule has 6 nitrogen and oxygen atoms in total. The maximum Gasteiger partial charge on any atom is 0.293 e. The van der Waals surface area contributed by atoms with E-state index in [0.29, 0.717) is 0 Å². The number of piperidine rings is 1. The van der Waals surface area contributed by atoms with Crippen molar-refractivity contribution in [2.75, 3.05) is 18.4 Å². The van der Waals surface area contributed by atoms with Crippen molar-refractivity contribution < 1.29 is 9.72 Å². The van der Waals surface area contributed by atoms with Gasteiger partial charge in [-0.1, -0.05) is 12.5 Å². The van der Waals surface area contributed by atoms with E-state index in [0.717, 1.165) is 25.2 Å². The number of carbonyl (C=O) groups excluding carboxylic acids is 1. The van der Waals surface area contributed by atoms with Gasteiger partial charge in [0.25, 0.3) is 5.69 Å². The Morgan fingerprint density at radius 3 is 2.65 bits per heavy atom. The Balaban J connectivity index is 2.16. The van der Waals surface area contributed by atoms with Gasteiger partial charge in [0.2, 0.25) is 5.91 Å². The van der Waals surface area contributed by atoms with Crippen molar-refractivity contribution in [2.45, 2.75) is 32.7 Å². The first-order chi connectivity index (χ1) is 9.56. The van der Waals surface area contributed by atoms with Crippen molar-refractivity contribution in [1.29, 1.82) is 0 Å². The van der Waals surface area contributed by atoms with Crippen LogP contribution in [0.2, 0.25) is 0 Å². The topological polar surface area (TPSA) is 75.5 Å². The number of nitrogens with one attached hydrogen (secondary N) is 1. The molecule has 1 N–H and O–H groups in total. The summed E-state index contributed by atoms with van der Waals surface area (Å²) in [6.07, 6.45) is 3.64. The number of hydrogen-bond donors (Lipinski definition) is 1. The summed E-state index contributed by atoms with van der Waals surface area (Å²) in [4.78, 5) is 24.0. The van der Waals surface area contributed by atoms with E-state index in [-0.39, 0.29) is 17.3 Å². The highest BCUT2D eigenvalue weighted by molar-refractivity contribution is 5.91. The molecule has 20 heavy (non-hydrogen) atoms. The molecule has 1 aromatic carbocycles. The monoisotopic (exact) mass is 277 g/mol. The summed E-state index contributed by atoms with van der Waals surface area (Å²) in [7, 11) is 0.